The molecule has 17 heavy (non-hydrogen) atoms. The Morgan fingerprint density at radius 2 is 1.71 bits per heavy atom. The fraction of sp³-hybridized carbons (Fsp3) is 0.167. The summed E-state index contributed by atoms with van der Waals surface area (Å²) in [4.78, 5) is 0. The van der Waals surface area contributed by atoms with E-state index in [-0.39, 0.29) is 0 Å². The molecule has 1 aromatic carbocycles. The summed E-state index contributed by atoms with van der Waals surface area (Å²) in [5.74, 6) is 1.12. The van der Waals surface area contributed by atoms with Gasteiger partial charge < -0.3 is 9.47 Å². The molecule has 0 atom stereocenters. The summed E-state index contributed by atoms with van der Waals surface area (Å²) in [5, 5.41) is 8.35. The molecule has 4 nitrogen and oxygen atoms in total. The van der Waals surface area contributed by atoms with Crippen molar-refractivity contribution in [3.05, 3.63) is 35.4 Å². The quantitative estimate of drug-likeness (QED) is 0.840. The van der Waals surface area contributed by atoms with Crippen LogP contribution in [0.15, 0.2) is 30.3 Å². The Bertz CT molecular complexity index is 514. The Hall–Kier alpha value is -1.81. The lowest BCUT2D eigenvalue weighted by Crippen LogP contribution is -1.93. The van der Waals surface area contributed by atoms with E-state index in [0.717, 1.165) is 11.3 Å². The molecule has 0 aliphatic heterocycles. The third kappa shape index (κ3) is 2.47. The zero-order chi connectivity index (χ0) is 12.3. The SMILES string of the molecule is COc1ccc(-c2cc(Cl)c(OC)nn2)cc1. The summed E-state index contributed by atoms with van der Waals surface area (Å²) in [7, 11) is 3.13. The standard InChI is InChI=1S/C12H11ClN2O2/c1-16-9-5-3-8(4-6-9)11-7-10(13)12(17-2)15-14-11/h3-7H,1-2H3. The van der Waals surface area contributed by atoms with Crippen molar-refractivity contribution in [3.63, 3.8) is 0 Å². The van der Waals surface area contributed by atoms with Crippen LogP contribution in [-0.4, -0.2) is 24.4 Å². The van der Waals surface area contributed by atoms with Gasteiger partial charge in [-0.25, -0.2) is 0 Å². The van der Waals surface area contributed by atoms with Crippen LogP contribution in [0.4, 0.5) is 0 Å². The number of aromatic nitrogens is 2. The van der Waals surface area contributed by atoms with Crippen molar-refractivity contribution in [3.8, 4) is 22.9 Å². The second kappa shape index (κ2) is 5.01. The molecule has 1 heterocycles. The fourth-order valence-corrected chi connectivity index (χ4v) is 1.62. The molecular formula is C12H11ClN2O2. The van der Waals surface area contributed by atoms with Crippen LogP contribution < -0.4 is 9.47 Å². The molecule has 0 amide bonds. The molecule has 2 aromatic rings. The van der Waals surface area contributed by atoms with Crippen LogP contribution in [0.2, 0.25) is 5.02 Å². The molecule has 0 saturated carbocycles. The van der Waals surface area contributed by atoms with Crippen molar-refractivity contribution in [1.82, 2.24) is 10.2 Å². The summed E-state index contributed by atoms with van der Waals surface area (Å²) in [6.07, 6.45) is 0. The molecule has 0 fully saturated rings. The summed E-state index contributed by atoms with van der Waals surface area (Å²) >= 11 is 5.99. The van der Waals surface area contributed by atoms with E-state index in [1.54, 1.807) is 13.2 Å². The van der Waals surface area contributed by atoms with E-state index in [1.165, 1.54) is 7.11 Å². The topological polar surface area (TPSA) is 44.2 Å². The van der Waals surface area contributed by atoms with E-state index in [2.05, 4.69) is 10.2 Å². The van der Waals surface area contributed by atoms with Crippen molar-refractivity contribution in [2.24, 2.45) is 0 Å². The summed E-state index contributed by atoms with van der Waals surface area (Å²) in [5.41, 5.74) is 1.61. The maximum atomic E-state index is 5.99. The fourth-order valence-electron chi connectivity index (χ4n) is 1.40. The van der Waals surface area contributed by atoms with E-state index < -0.39 is 0 Å². The molecule has 0 spiro atoms. The Balaban J connectivity index is 2.35. The second-order valence-corrected chi connectivity index (χ2v) is 3.72. The first kappa shape index (κ1) is 11.7. The lowest BCUT2D eigenvalue weighted by Gasteiger charge is -2.04. The van der Waals surface area contributed by atoms with Gasteiger partial charge in [0.15, 0.2) is 0 Å². The average Bonchev–Trinajstić information content (AvgIpc) is 2.39. The highest BCUT2D eigenvalue weighted by atomic mass is 35.5. The van der Waals surface area contributed by atoms with Crippen LogP contribution in [0.1, 0.15) is 0 Å². The third-order valence-corrected chi connectivity index (χ3v) is 2.57. The lowest BCUT2D eigenvalue weighted by molar-refractivity contribution is 0.392. The first-order chi connectivity index (χ1) is 8.24. The first-order valence-corrected chi connectivity index (χ1v) is 5.34. The number of hydrogen-bond donors (Lipinski definition) is 0. The van der Waals surface area contributed by atoms with E-state index in [1.807, 2.05) is 24.3 Å². The van der Waals surface area contributed by atoms with Crippen LogP contribution in [0.25, 0.3) is 11.3 Å². The van der Waals surface area contributed by atoms with Gasteiger partial charge in [0.25, 0.3) is 5.88 Å². The largest absolute Gasteiger partial charge is 0.497 e. The van der Waals surface area contributed by atoms with E-state index in [9.17, 15) is 0 Å². The first-order valence-electron chi connectivity index (χ1n) is 4.96. The third-order valence-electron chi connectivity index (χ3n) is 2.30. The van der Waals surface area contributed by atoms with Gasteiger partial charge >= 0.3 is 0 Å². The highest BCUT2D eigenvalue weighted by molar-refractivity contribution is 6.32. The molecule has 1 aromatic heterocycles. The maximum Gasteiger partial charge on any atom is 0.252 e. The van der Waals surface area contributed by atoms with E-state index in [4.69, 9.17) is 21.1 Å². The van der Waals surface area contributed by atoms with Crippen LogP contribution in [0, 0.1) is 0 Å². The van der Waals surface area contributed by atoms with Gasteiger partial charge in [-0.05, 0) is 30.3 Å². The molecule has 0 aliphatic rings. The van der Waals surface area contributed by atoms with Gasteiger partial charge in [0, 0.05) is 5.56 Å². The average molecular weight is 251 g/mol. The molecule has 0 unspecified atom stereocenters. The highest BCUT2D eigenvalue weighted by Crippen LogP contribution is 2.26. The minimum Gasteiger partial charge on any atom is -0.497 e. The highest BCUT2D eigenvalue weighted by Gasteiger charge is 2.07. The molecule has 0 saturated heterocycles. The van der Waals surface area contributed by atoms with E-state index >= 15 is 0 Å². The number of hydrogen-bond acceptors (Lipinski definition) is 4. The number of methoxy groups -OCH3 is 2. The van der Waals surface area contributed by atoms with Crippen molar-refractivity contribution in [2.75, 3.05) is 14.2 Å². The summed E-state index contributed by atoms with van der Waals surface area (Å²) in [6, 6.07) is 9.22. The smallest absolute Gasteiger partial charge is 0.252 e. The van der Waals surface area contributed by atoms with Gasteiger partial charge in [0.05, 0.1) is 19.9 Å². The van der Waals surface area contributed by atoms with Gasteiger partial charge in [0.2, 0.25) is 0 Å². The maximum absolute atomic E-state index is 5.99. The lowest BCUT2D eigenvalue weighted by atomic mass is 10.1. The Labute approximate surface area is 104 Å². The molecule has 88 valence electrons. The Kier molecular flexibility index (Phi) is 3.44. The van der Waals surface area contributed by atoms with Crippen molar-refractivity contribution in [2.45, 2.75) is 0 Å². The predicted molar refractivity (Wildman–Crippen MR) is 65.6 cm³/mol. The van der Waals surface area contributed by atoms with Crippen molar-refractivity contribution in [1.29, 1.82) is 0 Å². The van der Waals surface area contributed by atoms with Crippen LogP contribution in [0.5, 0.6) is 11.6 Å². The minimum atomic E-state index is 0.323. The predicted octanol–water partition coefficient (Wildman–Crippen LogP) is 2.81. The van der Waals surface area contributed by atoms with Crippen LogP contribution >= 0.6 is 11.6 Å². The molecule has 2 rings (SSSR count). The molecule has 0 N–H and O–H groups in total. The summed E-state index contributed by atoms with van der Waals surface area (Å²) in [6.45, 7) is 0. The van der Waals surface area contributed by atoms with Crippen LogP contribution in [0.3, 0.4) is 0 Å². The molecule has 0 aliphatic carbocycles. The number of nitrogens with zero attached hydrogens (tertiary/aromatic N) is 2. The summed E-state index contributed by atoms with van der Waals surface area (Å²) < 4.78 is 10.0. The zero-order valence-electron chi connectivity index (χ0n) is 9.48. The molecule has 5 heteroatoms. The monoisotopic (exact) mass is 250 g/mol. The molecule has 0 radical (unpaired) electrons. The number of halogens is 1. The van der Waals surface area contributed by atoms with Crippen LogP contribution in [-0.2, 0) is 0 Å². The molecular weight excluding hydrogens is 240 g/mol. The minimum absolute atomic E-state index is 0.323. The Morgan fingerprint density at radius 3 is 2.24 bits per heavy atom. The molecule has 0 bridgehead atoms. The van der Waals surface area contributed by atoms with Gasteiger partial charge in [-0.1, -0.05) is 11.6 Å². The van der Waals surface area contributed by atoms with Gasteiger partial charge in [0.1, 0.15) is 10.8 Å². The number of benzene rings is 1. The Morgan fingerprint density at radius 1 is 1.00 bits per heavy atom. The number of ether oxygens (including phenoxy) is 2. The van der Waals surface area contributed by atoms with E-state index in [0.29, 0.717) is 16.6 Å². The normalized spacial score (nSPS) is 10.1. The zero-order valence-corrected chi connectivity index (χ0v) is 10.2. The van der Waals surface area contributed by atoms with Gasteiger partial charge in [-0.15, -0.1) is 10.2 Å². The van der Waals surface area contributed by atoms with Gasteiger partial charge in [-0.3, -0.25) is 0 Å². The van der Waals surface area contributed by atoms with Crippen molar-refractivity contribution >= 4 is 11.6 Å². The van der Waals surface area contributed by atoms with Crippen molar-refractivity contribution < 1.29 is 9.47 Å². The second-order valence-electron chi connectivity index (χ2n) is 3.32. The van der Waals surface area contributed by atoms with Gasteiger partial charge in [-0.2, -0.15) is 0 Å². The number of rotatable bonds is 3.